The van der Waals surface area contributed by atoms with Crippen LogP contribution in [0.15, 0.2) is 0 Å². The van der Waals surface area contributed by atoms with Crippen LogP contribution in [0.5, 0.6) is 0 Å². The number of hydrogen-bond donors (Lipinski definition) is 0. The molecule has 0 heterocycles. The smallest absolute Gasteiger partial charge is 0.168 e. The van der Waals surface area contributed by atoms with Gasteiger partial charge in [-0.1, -0.05) is 45.4 Å². The number of hydrogen-bond acceptors (Lipinski definition) is 2. The maximum atomic E-state index is 5.96. The van der Waals surface area contributed by atoms with Gasteiger partial charge in [0.1, 0.15) is 0 Å². The molecule has 0 saturated carbocycles. The zero-order valence-electron chi connectivity index (χ0n) is 14.8. The molecule has 0 aliphatic heterocycles. The Kier molecular flexibility index (Phi) is 14.0. The molecule has 0 spiro atoms. The third kappa shape index (κ3) is 9.76. The largest absolute Gasteiger partial charge is 0.350 e. The Labute approximate surface area is 137 Å². The van der Waals surface area contributed by atoms with Crippen LogP contribution >= 0.6 is 11.6 Å². The number of alkyl halides is 1. The minimum Gasteiger partial charge on any atom is -0.350 e. The van der Waals surface area contributed by atoms with Crippen molar-refractivity contribution in [1.29, 1.82) is 0 Å². The van der Waals surface area contributed by atoms with Gasteiger partial charge in [0.25, 0.3) is 0 Å². The summed E-state index contributed by atoms with van der Waals surface area (Å²) in [7, 11) is 0. The van der Waals surface area contributed by atoms with Crippen LogP contribution in [-0.4, -0.2) is 24.9 Å². The summed E-state index contributed by atoms with van der Waals surface area (Å²) >= 11 is 5.89. The summed E-state index contributed by atoms with van der Waals surface area (Å²) in [6.45, 7) is 9.85. The summed E-state index contributed by atoms with van der Waals surface area (Å²) in [6.07, 6.45) is 11.3. The first-order chi connectivity index (χ1) is 10.1. The van der Waals surface area contributed by atoms with Gasteiger partial charge in [-0.2, -0.15) is 0 Å². The van der Waals surface area contributed by atoms with E-state index in [4.69, 9.17) is 21.1 Å². The van der Waals surface area contributed by atoms with Gasteiger partial charge in [0, 0.05) is 25.0 Å². The first kappa shape index (κ1) is 21.2. The fourth-order valence-electron chi connectivity index (χ4n) is 3.01. The van der Waals surface area contributed by atoms with Crippen molar-refractivity contribution in [2.75, 3.05) is 19.1 Å². The molecule has 0 radical (unpaired) electrons. The van der Waals surface area contributed by atoms with Gasteiger partial charge in [-0.25, -0.2) is 0 Å². The Balaban J connectivity index is 4.32. The Morgan fingerprint density at radius 1 is 0.810 bits per heavy atom. The maximum Gasteiger partial charge on any atom is 0.168 e. The maximum absolute atomic E-state index is 5.96. The third-order valence-electron chi connectivity index (χ3n) is 4.20. The molecule has 0 aromatic carbocycles. The second-order valence-corrected chi connectivity index (χ2v) is 6.34. The molecule has 21 heavy (non-hydrogen) atoms. The van der Waals surface area contributed by atoms with Crippen molar-refractivity contribution in [1.82, 2.24) is 0 Å². The SMILES string of the molecule is CCCCCCCC[C@H](CCCCl)C(C)(OCC)OCC. The van der Waals surface area contributed by atoms with Crippen LogP contribution in [0, 0.1) is 5.92 Å². The molecule has 0 aliphatic rings. The Hall–Kier alpha value is 0.210. The van der Waals surface area contributed by atoms with Crippen LogP contribution < -0.4 is 0 Å². The Bertz CT molecular complexity index is 215. The van der Waals surface area contributed by atoms with Gasteiger partial charge < -0.3 is 9.47 Å². The molecule has 1 atom stereocenters. The van der Waals surface area contributed by atoms with Crippen LogP contribution in [0.25, 0.3) is 0 Å². The fourth-order valence-corrected chi connectivity index (χ4v) is 3.17. The Morgan fingerprint density at radius 3 is 1.86 bits per heavy atom. The molecule has 0 amide bonds. The predicted molar refractivity (Wildman–Crippen MR) is 93.1 cm³/mol. The monoisotopic (exact) mass is 320 g/mol. The number of rotatable bonds is 15. The van der Waals surface area contributed by atoms with Crippen LogP contribution in [0.4, 0.5) is 0 Å². The molecular weight excluding hydrogens is 284 g/mol. The van der Waals surface area contributed by atoms with Crippen LogP contribution in [0.1, 0.15) is 85.5 Å². The minimum atomic E-state index is -0.445. The molecule has 0 aromatic heterocycles. The summed E-state index contributed by atoms with van der Waals surface area (Å²) in [4.78, 5) is 0. The molecule has 0 saturated heterocycles. The average Bonchev–Trinajstić information content (AvgIpc) is 2.46. The summed E-state index contributed by atoms with van der Waals surface area (Å²) in [5.41, 5.74) is 0. The van der Waals surface area contributed by atoms with E-state index in [0.717, 1.165) is 18.7 Å². The standard InChI is InChI=1S/C18H37ClO2/c1-5-8-9-10-11-12-14-17(15-13-16-19)18(4,20-6-2)21-7-3/h17H,5-16H2,1-4H3/t17-/m1/s1. The van der Waals surface area contributed by atoms with Crippen molar-refractivity contribution in [3.8, 4) is 0 Å². The van der Waals surface area contributed by atoms with Crippen molar-refractivity contribution < 1.29 is 9.47 Å². The van der Waals surface area contributed by atoms with E-state index in [-0.39, 0.29) is 0 Å². The lowest BCUT2D eigenvalue weighted by Gasteiger charge is -2.37. The third-order valence-corrected chi connectivity index (χ3v) is 4.46. The molecule has 3 heteroatoms. The van der Waals surface area contributed by atoms with E-state index >= 15 is 0 Å². The number of halogens is 1. The fraction of sp³-hybridized carbons (Fsp3) is 1.00. The highest BCUT2D eigenvalue weighted by atomic mass is 35.5. The van der Waals surface area contributed by atoms with Crippen molar-refractivity contribution in [2.45, 2.75) is 91.3 Å². The van der Waals surface area contributed by atoms with E-state index in [1.165, 1.54) is 44.9 Å². The topological polar surface area (TPSA) is 18.5 Å². The van der Waals surface area contributed by atoms with Crippen LogP contribution in [0.2, 0.25) is 0 Å². The van der Waals surface area contributed by atoms with E-state index in [1.807, 2.05) is 13.8 Å². The first-order valence-corrected chi connectivity index (χ1v) is 9.51. The number of ether oxygens (including phenoxy) is 2. The normalized spacial score (nSPS) is 13.6. The first-order valence-electron chi connectivity index (χ1n) is 8.98. The van der Waals surface area contributed by atoms with Gasteiger partial charge in [0.15, 0.2) is 5.79 Å². The Morgan fingerprint density at radius 2 is 1.33 bits per heavy atom. The lowest BCUT2D eigenvalue weighted by Crippen LogP contribution is -2.41. The van der Waals surface area contributed by atoms with E-state index in [9.17, 15) is 0 Å². The average molecular weight is 321 g/mol. The minimum absolute atomic E-state index is 0.445. The quantitative estimate of drug-likeness (QED) is 0.204. The summed E-state index contributed by atoms with van der Waals surface area (Å²) < 4.78 is 11.9. The lowest BCUT2D eigenvalue weighted by atomic mass is 9.88. The van der Waals surface area contributed by atoms with E-state index in [0.29, 0.717) is 19.1 Å². The van der Waals surface area contributed by atoms with Gasteiger partial charge in [0.05, 0.1) is 0 Å². The molecular formula is C18H37ClO2. The summed E-state index contributed by atoms with van der Waals surface area (Å²) in [5.74, 6) is 0.725. The molecule has 0 unspecified atom stereocenters. The van der Waals surface area contributed by atoms with Gasteiger partial charge >= 0.3 is 0 Å². The molecule has 2 nitrogen and oxygen atoms in total. The molecule has 0 aliphatic carbocycles. The van der Waals surface area contributed by atoms with Crippen molar-refractivity contribution >= 4 is 11.6 Å². The second kappa shape index (κ2) is 13.8. The van der Waals surface area contributed by atoms with E-state index in [2.05, 4.69) is 13.8 Å². The van der Waals surface area contributed by atoms with Crippen LogP contribution in [-0.2, 0) is 9.47 Å². The van der Waals surface area contributed by atoms with Gasteiger partial charge in [-0.3, -0.25) is 0 Å². The van der Waals surface area contributed by atoms with Crippen molar-refractivity contribution in [3.05, 3.63) is 0 Å². The number of unbranched alkanes of at least 4 members (excludes halogenated alkanes) is 5. The summed E-state index contributed by atoms with van der Waals surface area (Å²) in [6, 6.07) is 0. The molecule has 0 aromatic rings. The predicted octanol–water partition coefficient (Wildman–Crippen LogP) is 6.16. The highest BCUT2D eigenvalue weighted by Gasteiger charge is 2.34. The van der Waals surface area contributed by atoms with Gasteiger partial charge in [0.2, 0.25) is 0 Å². The highest BCUT2D eigenvalue weighted by Crippen LogP contribution is 2.32. The highest BCUT2D eigenvalue weighted by molar-refractivity contribution is 6.17. The second-order valence-electron chi connectivity index (χ2n) is 5.97. The zero-order valence-corrected chi connectivity index (χ0v) is 15.5. The van der Waals surface area contributed by atoms with Crippen LogP contribution in [0.3, 0.4) is 0 Å². The lowest BCUT2D eigenvalue weighted by molar-refractivity contribution is -0.254. The molecule has 0 rings (SSSR count). The zero-order chi connectivity index (χ0) is 16.0. The van der Waals surface area contributed by atoms with E-state index in [1.54, 1.807) is 0 Å². The van der Waals surface area contributed by atoms with Crippen molar-refractivity contribution in [2.24, 2.45) is 5.92 Å². The summed E-state index contributed by atoms with van der Waals surface area (Å²) in [5, 5.41) is 0. The molecule has 0 bridgehead atoms. The van der Waals surface area contributed by atoms with Gasteiger partial charge in [-0.15, -0.1) is 11.6 Å². The molecule has 0 N–H and O–H groups in total. The van der Waals surface area contributed by atoms with Gasteiger partial charge in [-0.05, 0) is 40.0 Å². The molecule has 0 fully saturated rings. The molecule has 128 valence electrons. The van der Waals surface area contributed by atoms with Crippen molar-refractivity contribution in [3.63, 3.8) is 0 Å². The van der Waals surface area contributed by atoms with E-state index < -0.39 is 5.79 Å².